The summed E-state index contributed by atoms with van der Waals surface area (Å²) in [4.78, 5) is 6.31. The Kier molecular flexibility index (Phi) is 2.54. The van der Waals surface area contributed by atoms with Crippen LogP contribution in [0.3, 0.4) is 0 Å². The van der Waals surface area contributed by atoms with Crippen molar-refractivity contribution in [1.29, 1.82) is 0 Å². The van der Waals surface area contributed by atoms with E-state index in [-0.39, 0.29) is 6.04 Å². The maximum Gasteiger partial charge on any atom is 0.111 e. The van der Waals surface area contributed by atoms with Crippen LogP contribution in [-0.2, 0) is 6.42 Å². The Bertz CT molecular complexity index is 627. The second kappa shape index (κ2) is 4.15. The van der Waals surface area contributed by atoms with Crippen LogP contribution in [0.25, 0.3) is 11.3 Å². The molecule has 2 aliphatic carbocycles. The van der Waals surface area contributed by atoms with E-state index in [1.165, 1.54) is 34.5 Å². The molecule has 2 atom stereocenters. The molecule has 1 aromatic carbocycles. The summed E-state index contributed by atoms with van der Waals surface area (Å²) in [7, 11) is 0. The van der Waals surface area contributed by atoms with Crippen LogP contribution in [0.2, 0.25) is 0 Å². The fraction of sp³-hybridized carbons (Fsp3) is 0.438. The molecule has 1 saturated carbocycles. The summed E-state index contributed by atoms with van der Waals surface area (Å²) in [5.41, 5.74) is 10.3. The van der Waals surface area contributed by atoms with Gasteiger partial charge in [0.1, 0.15) is 5.01 Å². The van der Waals surface area contributed by atoms with Crippen molar-refractivity contribution in [1.82, 2.24) is 4.98 Å². The molecule has 4 rings (SSSR count). The third-order valence-electron chi connectivity index (χ3n) is 4.37. The lowest BCUT2D eigenvalue weighted by atomic mass is 9.86. The number of hydrogen-bond acceptors (Lipinski definition) is 3. The molecule has 1 heterocycles. The lowest BCUT2D eigenvalue weighted by Crippen LogP contribution is -2.11. The van der Waals surface area contributed by atoms with Gasteiger partial charge >= 0.3 is 0 Å². The average Bonchev–Trinajstić information content (AvgIpc) is 3.18. The smallest absolute Gasteiger partial charge is 0.111 e. The molecule has 0 spiro atoms. The Morgan fingerprint density at radius 2 is 2.11 bits per heavy atom. The van der Waals surface area contributed by atoms with Gasteiger partial charge in [-0.05, 0) is 36.7 Å². The zero-order chi connectivity index (χ0) is 13.0. The predicted octanol–water partition coefficient (Wildman–Crippen LogP) is 3.88. The molecule has 0 amide bonds. The quantitative estimate of drug-likeness (QED) is 0.899. The second-order valence-corrected chi connectivity index (χ2v) is 6.99. The zero-order valence-electron chi connectivity index (χ0n) is 11.1. The number of rotatable bonds is 2. The van der Waals surface area contributed by atoms with Crippen LogP contribution in [0, 0.1) is 5.92 Å². The van der Waals surface area contributed by atoms with E-state index in [4.69, 9.17) is 10.7 Å². The Morgan fingerprint density at radius 3 is 2.89 bits per heavy atom. The molecule has 98 valence electrons. The summed E-state index contributed by atoms with van der Waals surface area (Å²) >= 11 is 1.84. The van der Waals surface area contributed by atoms with Crippen LogP contribution in [-0.4, -0.2) is 4.98 Å². The third-order valence-corrected chi connectivity index (χ3v) is 5.55. The van der Waals surface area contributed by atoms with Crippen molar-refractivity contribution in [3.8, 4) is 11.3 Å². The van der Waals surface area contributed by atoms with Crippen molar-refractivity contribution in [2.45, 2.75) is 38.1 Å². The van der Waals surface area contributed by atoms with E-state index < -0.39 is 0 Å². The van der Waals surface area contributed by atoms with Gasteiger partial charge in [-0.25, -0.2) is 4.98 Å². The van der Waals surface area contributed by atoms with E-state index in [1.807, 2.05) is 11.3 Å². The molecule has 19 heavy (non-hydrogen) atoms. The van der Waals surface area contributed by atoms with Gasteiger partial charge in [0.25, 0.3) is 0 Å². The Labute approximate surface area is 117 Å². The maximum absolute atomic E-state index is 6.31. The first kappa shape index (κ1) is 11.6. The molecule has 0 radical (unpaired) electrons. The first-order chi connectivity index (χ1) is 9.24. The van der Waals surface area contributed by atoms with Crippen molar-refractivity contribution < 1.29 is 0 Å². The van der Waals surface area contributed by atoms with Gasteiger partial charge in [-0.1, -0.05) is 31.2 Å². The van der Waals surface area contributed by atoms with Crippen LogP contribution in [0.4, 0.5) is 0 Å². The maximum atomic E-state index is 6.31. The van der Waals surface area contributed by atoms with Gasteiger partial charge in [-0.3, -0.25) is 0 Å². The molecule has 2 N–H and O–H groups in total. The SMILES string of the molecule is CC1Cc2sc(C(N)C3CC3)nc2-c2ccccc21. The number of nitrogens with zero attached hydrogens (tertiary/aromatic N) is 1. The number of benzene rings is 1. The molecule has 2 aromatic rings. The highest BCUT2D eigenvalue weighted by molar-refractivity contribution is 7.12. The first-order valence-corrected chi connectivity index (χ1v) is 7.90. The van der Waals surface area contributed by atoms with Crippen molar-refractivity contribution in [3.63, 3.8) is 0 Å². The topological polar surface area (TPSA) is 38.9 Å². The van der Waals surface area contributed by atoms with E-state index >= 15 is 0 Å². The van der Waals surface area contributed by atoms with Gasteiger partial charge < -0.3 is 5.73 Å². The summed E-state index contributed by atoms with van der Waals surface area (Å²) in [6, 6.07) is 8.85. The standard InChI is InChI=1S/C16H18N2S/c1-9-8-13-15(12-5-3-2-4-11(9)12)18-16(19-13)14(17)10-6-7-10/h2-5,9-10,14H,6-8,17H2,1H3. The van der Waals surface area contributed by atoms with E-state index in [0.29, 0.717) is 11.8 Å². The molecule has 3 heteroatoms. The lowest BCUT2D eigenvalue weighted by molar-refractivity contribution is 0.629. The number of thiazole rings is 1. The van der Waals surface area contributed by atoms with Gasteiger partial charge in [0.2, 0.25) is 0 Å². The van der Waals surface area contributed by atoms with Gasteiger partial charge in [-0.15, -0.1) is 11.3 Å². The molecule has 0 aliphatic heterocycles. The van der Waals surface area contributed by atoms with Crippen LogP contribution in [0.15, 0.2) is 24.3 Å². The van der Waals surface area contributed by atoms with E-state index in [2.05, 4.69) is 31.2 Å². The second-order valence-electron chi connectivity index (χ2n) is 5.88. The lowest BCUT2D eigenvalue weighted by Gasteiger charge is -2.21. The number of nitrogens with two attached hydrogens (primary N) is 1. The highest BCUT2D eigenvalue weighted by Gasteiger charge is 2.33. The minimum absolute atomic E-state index is 0.165. The normalized spacial score (nSPS) is 22.7. The summed E-state index contributed by atoms with van der Waals surface area (Å²) in [5, 5.41) is 1.15. The fourth-order valence-electron chi connectivity index (χ4n) is 3.05. The molecule has 1 fully saturated rings. The zero-order valence-corrected chi connectivity index (χ0v) is 11.9. The Hall–Kier alpha value is -1.19. The van der Waals surface area contributed by atoms with Crippen LogP contribution < -0.4 is 5.73 Å². The molecule has 1 aromatic heterocycles. The molecule has 2 unspecified atom stereocenters. The molecule has 0 saturated heterocycles. The summed E-state index contributed by atoms with van der Waals surface area (Å²) < 4.78 is 0. The van der Waals surface area contributed by atoms with Gasteiger partial charge in [-0.2, -0.15) is 0 Å². The number of fused-ring (bicyclic) bond motifs is 3. The minimum Gasteiger partial charge on any atom is -0.322 e. The summed E-state index contributed by atoms with van der Waals surface area (Å²) in [6.07, 6.45) is 3.66. The molecular formula is C16H18N2S. The van der Waals surface area contributed by atoms with Crippen LogP contribution in [0.1, 0.15) is 47.2 Å². The van der Waals surface area contributed by atoms with Crippen LogP contribution >= 0.6 is 11.3 Å². The van der Waals surface area contributed by atoms with E-state index in [1.54, 1.807) is 0 Å². The Balaban J connectivity index is 1.81. The summed E-state index contributed by atoms with van der Waals surface area (Å²) in [6.45, 7) is 2.31. The predicted molar refractivity (Wildman–Crippen MR) is 79.3 cm³/mol. The van der Waals surface area contributed by atoms with Crippen molar-refractivity contribution in [2.24, 2.45) is 11.7 Å². The number of hydrogen-bond donors (Lipinski definition) is 1. The minimum atomic E-state index is 0.165. The van der Waals surface area contributed by atoms with Gasteiger partial charge in [0.05, 0.1) is 11.7 Å². The average molecular weight is 270 g/mol. The monoisotopic (exact) mass is 270 g/mol. The van der Waals surface area contributed by atoms with Crippen molar-refractivity contribution in [2.75, 3.05) is 0 Å². The largest absolute Gasteiger partial charge is 0.322 e. The molecule has 2 nitrogen and oxygen atoms in total. The first-order valence-electron chi connectivity index (χ1n) is 7.08. The Morgan fingerprint density at radius 1 is 1.32 bits per heavy atom. The van der Waals surface area contributed by atoms with Crippen molar-refractivity contribution in [3.05, 3.63) is 39.7 Å². The number of aromatic nitrogens is 1. The van der Waals surface area contributed by atoms with Gasteiger partial charge in [0, 0.05) is 10.4 Å². The molecule has 0 bridgehead atoms. The molecule has 2 aliphatic rings. The van der Waals surface area contributed by atoms with Gasteiger partial charge in [0.15, 0.2) is 0 Å². The highest BCUT2D eigenvalue weighted by atomic mass is 32.1. The van der Waals surface area contributed by atoms with E-state index in [9.17, 15) is 0 Å². The fourth-order valence-corrected chi connectivity index (χ4v) is 4.35. The van der Waals surface area contributed by atoms with Crippen molar-refractivity contribution >= 4 is 11.3 Å². The summed E-state index contributed by atoms with van der Waals surface area (Å²) in [5.74, 6) is 1.27. The van der Waals surface area contributed by atoms with Crippen LogP contribution in [0.5, 0.6) is 0 Å². The third kappa shape index (κ3) is 1.84. The highest BCUT2D eigenvalue weighted by Crippen LogP contribution is 2.46. The molecular weight excluding hydrogens is 252 g/mol. The van der Waals surface area contributed by atoms with E-state index in [0.717, 1.165) is 11.4 Å².